The Balaban J connectivity index is 1.44. The van der Waals surface area contributed by atoms with E-state index in [1.54, 1.807) is 0 Å². The SMILES string of the molecule is Cc1cc(N2CCCC[C@H]2C)nc(NC(=S)NCC2(c3ccc(Cl)cc3)CCOCC2)n1. The molecule has 0 spiro atoms. The number of benzene rings is 1. The van der Waals surface area contributed by atoms with Crippen LogP contribution >= 0.6 is 23.8 Å². The fraction of sp³-hybridized carbons (Fsp3) is 0.542. The first-order chi connectivity index (χ1) is 15.4. The quantitative estimate of drug-likeness (QED) is 0.601. The minimum Gasteiger partial charge on any atom is -0.381 e. The lowest BCUT2D eigenvalue weighted by atomic mass is 9.74. The third-order valence-corrected chi connectivity index (χ3v) is 7.16. The molecule has 1 aromatic heterocycles. The van der Waals surface area contributed by atoms with Crippen LogP contribution in [0.3, 0.4) is 0 Å². The Bertz CT molecular complexity index is 932. The normalized spacial score (nSPS) is 20.6. The monoisotopic (exact) mass is 473 g/mol. The van der Waals surface area contributed by atoms with Crippen LogP contribution in [-0.4, -0.2) is 47.4 Å². The third kappa shape index (κ3) is 5.50. The van der Waals surface area contributed by atoms with Crippen LogP contribution in [0.4, 0.5) is 11.8 Å². The maximum atomic E-state index is 6.12. The van der Waals surface area contributed by atoms with Crippen LogP contribution in [0, 0.1) is 6.92 Å². The minimum absolute atomic E-state index is 0.0452. The zero-order valence-electron chi connectivity index (χ0n) is 18.9. The molecule has 3 heterocycles. The molecule has 6 nitrogen and oxygen atoms in total. The number of hydrogen-bond donors (Lipinski definition) is 2. The molecular weight excluding hydrogens is 442 g/mol. The summed E-state index contributed by atoms with van der Waals surface area (Å²) in [5, 5.41) is 7.92. The second-order valence-corrected chi connectivity index (χ2v) is 9.78. The van der Waals surface area contributed by atoms with Gasteiger partial charge in [-0.1, -0.05) is 23.7 Å². The molecule has 2 fully saturated rings. The predicted octanol–water partition coefficient (Wildman–Crippen LogP) is 4.85. The first kappa shape index (κ1) is 23.2. The summed E-state index contributed by atoms with van der Waals surface area (Å²) in [4.78, 5) is 11.7. The summed E-state index contributed by atoms with van der Waals surface area (Å²) >= 11 is 11.7. The van der Waals surface area contributed by atoms with E-state index in [4.69, 9.17) is 33.5 Å². The molecule has 2 aliphatic heterocycles. The number of thiocarbonyl (C=S) groups is 1. The van der Waals surface area contributed by atoms with Gasteiger partial charge in [0.2, 0.25) is 5.95 Å². The van der Waals surface area contributed by atoms with Gasteiger partial charge in [0.1, 0.15) is 5.82 Å². The highest BCUT2D eigenvalue weighted by Gasteiger charge is 2.34. The molecule has 2 N–H and O–H groups in total. The number of ether oxygens (including phenoxy) is 1. The van der Waals surface area contributed by atoms with E-state index in [1.165, 1.54) is 24.8 Å². The van der Waals surface area contributed by atoms with Crippen molar-refractivity contribution < 1.29 is 4.74 Å². The second kappa shape index (κ2) is 10.3. The highest BCUT2D eigenvalue weighted by molar-refractivity contribution is 7.80. The summed E-state index contributed by atoms with van der Waals surface area (Å²) in [5.74, 6) is 1.51. The molecule has 32 heavy (non-hydrogen) atoms. The molecule has 0 amide bonds. The number of nitrogens with zero attached hydrogens (tertiary/aromatic N) is 3. The van der Waals surface area contributed by atoms with Crippen molar-refractivity contribution in [2.45, 2.75) is 57.4 Å². The lowest BCUT2D eigenvalue weighted by Gasteiger charge is -2.38. The average Bonchev–Trinajstić information content (AvgIpc) is 2.79. The predicted molar refractivity (Wildman–Crippen MR) is 135 cm³/mol. The molecule has 0 bridgehead atoms. The van der Waals surface area contributed by atoms with E-state index in [0.717, 1.165) is 49.1 Å². The first-order valence-electron chi connectivity index (χ1n) is 11.5. The Morgan fingerprint density at radius 1 is 1.22 bits per heavy atom. The number of aromatic nitrogens is 2. The summed E-state index contributed by atoms with van der Waals surface area (Å²) in [6, 6.07) is 10.7. The molecule has 0 radical (unpaired) electrons. The van der Waals surface area contributed by atoms with Crippen LogP contribution < -0.4 is 15.5 Å². The number of aryl methyl sites for hydroxylation is 1. The zero-order chi connectivity index (χ0) is 22.6. The van der Waals surface area contributed by atoms with Crippen LogP contribution in [0.2, 0.25) is 5.02 Å². The van der Waals surface area contributed by atoms with Gasteiger partial charge in [-0.2, -0.15) is 4.98 Å². The summed E-state index contributed by atoms with van der Waals surface area (Å²) in [5.41, 5.74) is 2.14. The highest BCUT2D eigenvalue weighted by atomic mass is 35.5. The lowest BCUT2D eigenvalue weighted by Crippen LogP contribution is -2.45. The van der Waals surface area contributed by atoms with Gasteiger partial charge < -0.3 is 20.3 Å². The standard InChI is InChI=1S/C24H32ClN5OS/c1-17-15-21(30-12-4-3-5-18(30)2)28-22(27-17)29-23(32)26-16-24(10-13-31-14-11-24)19-6-8-20(25)9-7-19/h6-9,15,18H,3-5,10-14,16H2,1-2H3,(H2,26,27,28,29,32)/t18-/m1/s1. The average molecular weight is 474 g/mol. The van der Waals surface area contributed by atoms with Gasteiger partial charge in [0.25, 0.3) is 0 Å². The van der Waals surface area contributed by atoms with E-state index in [-0.39, 0.29) is 5.41 Å². The first-order valence-corrected chi connectivity index (χ1v) is 12.2. The molecule has 0 saturated carbocycles. The van der Waals surface area contributed by atoms with Crippen molar-refractivity contribution in [3.05, 3.63) is 46.6 Å². The molecule has 172 valence electrons. The van der Waals surface area contributed by atoms with Gasteiger partial charge >= 0.3 is 0 Å². The zero-order valence-corrected chi connectivity index (χ0v) is 20.4. The Kier molecular flexibility index (Phi) is 7.48. The van der Waals surface area contributed by atoms with Gasteiger partial charge in [-0.25, -0.2) is 4.98 Å². The summed E-state index contributed by atoms with van der Waals surface area (Å²) < 4.78 is 5.64. The Labute approximate surface area is 201 Å². The topological polar surface area (TPSA) is 62.3 Å². The Morgan fingerprint density at radius 2 is 1.97 bits per heavy atom. The smallest absolute Gasteiger partial charge is 0.231 e. The van der Waals surface area contributed by atoms with E-state index in [2.05, 4.69) is 45.6 Å². The minimum atomic E-state index is -0.0452. The summed E-state index contributed by atoms with van der Waals surface area (Å²) in [6.45, 7) is 7.49. The summed E-state index contributed by atoms with van der Waals surface area (Å²) in [7, 11) is 0. The molecule has 0 unspecified atom stereocenters. The fourth-order valence-electron chi connectivity index (χ4n) is 4.72. The van der Waals surface area contributed by atoms with Gasteiger partial charge in [-0.05, 0) is 75.9 Å². The van der Waals surface area contributed by atoms with Crippen LogP contribution in [0.5, 0.6) is 0 Å². The largest absolute Gasteiger partial charge is 0.381 e. The molecule has 1 aromatic carbocycles. The fourth-order valence-corrected chi connectivity index (χ4v) is 5.01. The maximum Gasteiger partial charge on any atom is 0.231 e. The van der Waals surface area contributed by atoms with Gasteiger partial charge in [-0.15, -0.1) is 0 Å². The maximum absolute atomic E-state index is 6.12. The second-order valence-electron chi connectivity index (χ2n) is 8.94. The van der Waals surface area contributed by atoms with E-state index in [0.29, 0.717) is 23.6 Å². The third-order valence-electron chi connectivity index (χ3n) is 6.66. The van der Waals surface area contributed by atoms with Crippen molar-refractivity contribution in [2.24, 2.45) is 0 Å². The molecule has 0 aliphatic carbocycles. The van der Waals surface area contributed by atoms with Crippen LogP contribution in [0.1, 0.15) is 50.3 Å². The van der Waals surface area contributed by atoms with Crippen molar-refractivity contribution in [3.8, 4) is 0 Å². The number of anilines is 2. The molecule has 2 aliphatic rings. The molecule has 4 rings (SSSR count). The number of halogens is 1. The number of piperidine rings is 1. The molecule has 2 aromatic rings. The highest BCUT2D eigenvalue weighted by Crippen LogP contribution is 2.35. The van der Waals surface area contributed by atoms with Crippen molar-refractivity contribution >= 4 is 40.7 Å². The van der Waals surface area contributed by atoms with Crippen LogP contribution in [0.15, 0.2) is 30.3 Å². The Hall–Kier alpha value is -1.96. The van der Waals surface area contributed by atoms with Gasteiger partial charge in [0, 0.05) is 54.5 Å². The van der Waals surface area contributed by atoms with E-state index in [9.17, 15) is 0 Å². The summed E-state index contributed by atoms with van der Waals surface area (Å²) in [6.07, 6.45) is 5.54. The van der Waals surface area contributed by atoms with Crippen LogP contribution in [0.25, 0.3) is 0 Å². The van der Waals surface area contributed by atoms with Gasteiger partial charge in [0.15, 0.2) is 5.11 Å². The lowest BCUT2D eigenvalue weighted by molar-refractivity contribution is 0.0515. The number of nitrogens with one attached hydrogen (secondary N) is 2. The van der Waals surface area contributed by atoms with Crippen LogP contribution in [-0.2, 0) is 10.2 Å². The van der Waals surface area contributed by atoms with Gasteiger partial charge in [-0.3, -0.25) is 0 Å². The molecule has 1 atom stereocenters. The van der Waals surface area contributed by atoms with Crippen molar-refractivity contribution in [3.63, 3.8) is 0 Å². The van der Waals surface area contributed by atoms with Gasteiger partial charge in [0.05, 0.1) is 0 Å². The molecule has 2 saturated heterocycles. The van der Waals surface area contributed by atoms with E-state index >= 15 is 0 Å². The van der Waals surface area contributed by atoms with Crippen molar-refractivity contribution in [1.29, 1.82) is 0 Å². The number of rotatable bonds is 5. The Morgan fingerprint density at radius 3 is 2.69 bits per heavy atom. The van der Waals surface area contributed by atoms with E-state index < -0.39 is 0 Å². The van der Waals surface area contributed by atoms with Crippen molar-refractivity contribution in [2.75, 3.05) is 36.5 Å². The van der Waals surface area contributed by atoms with E-state index in [1.807, 2.05) is 19.1 Å². The number of hydrogen-bond acceptors (Lipinski definition) is 5. The molecule has 8 heteroatoms. The van der Waals surface area contributed by atoms with Crippen molar-refractivity contribution in [1.82, 2.24) is 15.3 Å². The molecular formula is C24H32ClN5OS.